The minimum atomic E-state index is -0.257. The van der Waals surface area contributed by atoms with E-state index in [1.807, 2.05) is 6.92 Å². The maximum atomic E-state index is 12.6. The number of anilines is 1. The number of rotatable bonds is 4. The Morgan fingerprint density at radius 1 is 1.29 bits per heavy atom. The Morgan fingerprint density at radius 3 is 2.52 bits per heavy atom. The lowest BCUT2D eigenvalue weighted by Crippen LogP contribution is -2.41. The third-order valence-corrected chi connectivity index (χ3v) is 5.16. The molecule has 6 nitrogen and oxygen atoms in total. The Balaban J connectivity index is 1.65. The van der Waals surface area contributed by atoms with Gasteiger partial charge < -0.3 is 16.0 Å². The van der Waals surface area contributed by atoms with Gasteiger partial charge in [-0.15, -0.1) is 0 Å². The van der Waals surface area contributed by atoms with E-state index in [1.165, 1.54) is 24.2 Å². The molecule has 3 N–H and O–H groups in total. The van der Waals surface area contributed by atoms with E-state index in [0.29, 0.717) is 36.9 Å². The minimum absolute atomic E-state index is 0.0248. The summed E-state index contributed by atoms with van der Waals surface area (Å²) in [4.78, 5) is 30.7. The zero-order chi connectivity index (χ0) is 15.0. The van der Waals surface area contributed by atoms with Gasteiger partial charge in [-0.25, -0.2) is 4.98 Å². The Kier molecular flexibility index (Phi) is 3.84. The van der Waals surface area contributed by atoms with Crippen LogP contribution in [-0.2, 0) is 4.79 Å². The van der Waals surface area contributed by atoms with Gasteiger partial charge in [0.2, 0.25) is 5.91 Å². The fourth-order valence-electron chi connectivity index (χ4n) is 2.57. The van der Waals surface area contributed by atoms with Crippen molar-refractivity contribution in [3.8, 4) is 0 Å². The minimum Gasteiger partial charge on any atom is -0.369 e. The molecule has 0 bridgehead atoms. The molecule has 114 valence electrons. The van der Waals surface area contributed by atoms with Gasteiger partial charge in [-0.3, -0.25) is 9.59 Å². The van der Waals surface area contributed by atoms with Crippen LogP contribution in [0.1, 0.15) is 41.0 Å². The number of piperidine rings is 1. The molecule has 1 aliphatic carbocycles. The number of aryl methyl sites for hydroxylation is 1. The van der Waals surface area contributed by atoms with Crippen molar-refractivity contribution in [2.24, 2.45) is 11.7 Å². The quantitative estimate of drug-likeness (QED) is 0.879. The molecule has 1 saturated heterocycles. The largest absolute Gasteiger partial charge is 0.369 e. The second kappa shape index (κ2) is 5.63. The van der Waals surface area contributed by atoms with Gasteiger partial charge in [0.15, 0.2) is 5.13 Å². The van der Waals surface area contributed by atoms with Crippen LogP contribution < -0.4 is 11.1 Å². The highest BCUT2D eigenvalue weighted by atomic mass is 32.1. The van der Waals surface area contributed by atoms with Gasteiger partial charge in [-0.05, 0) is 32.6 Å². The molecular weight excluding hydrogens is 288 g/mol. The van der Waals surface area contributed by atoms with Crippen LogP contribution in [0.3, 0.4) is 0 Å². The Bertz CT molecular complexity index is 559. The normalized spacial score (nSPS) is 19.6. The number of nitrogens with one attached hydrogen (secondary N) is 1. The first-order valence-corrected chi connectivity index (χ1v) is 8.19. The number of likely N-dealkylation sites (tertiary alicyclic amines) is 1. The number of amides is 2. The van der Waals surface area contributed by atoms with Gasteiger partial charge in [0, 0.05) is 25.0 Å². The summed E-state index contributed by atoms with van der Waals surface area (Å²) in [6, 6.07) is 0.532. The number of carbonyl (C=O) groups is 2. The number of hydrogen-bond acceptors (Lipinski definition) is 5. The van der Waals surface area contributed by atoms with Crippen molar-refractivity contribution in [1.29, 1.82) is 0 Å². The lowest BCUT2D eigenvalue weighted by Gasteiger charge is -2.30. The molecule has 0 spiro atoms. The van der Waals surface area contributed by atoms with Crippen LogP contribution in [-0.4, -0.2) is 40.8 Å². The van der Waals surface area contributed by atoms with E-state index >= 15 is 0 Å². The molecule has 2 heterocycles. The molecule has 0 unspecified atom stereocenters. The summed E-state index contributed by atoms with van der Waals surface area (Å²) in [6.45, 7) is 3.06. The summed E-state index contributed by atoms with van der Waals surface area (Å²) in [5, 5.41) is 4.17. The van der Waals surface area contributed by atoms with Crippen LogP contribution in [0.15, 0.2) is 0 Å². The lowest BCUT2D eigenvalue weighted by molar-refractivity contribution is -0.123. The van der Waals surface area contributed by atoms with Crippen LogP contribution >= 0.6 is 11.3 Å². The summed E-state index contributed by atoms with van der Waals surface area (Å²) in [5.41, 5.74) is 6.10. The van der Waals surface area contributed by atoms with Crippen LogP contribution in [0.2, 0.25) is 0 Å². The summed E-state index contributed by atoms with van der Waals surface area (Å²) in [7, 11) is 0. The van der Waals surface area contributed by atoms with Gasteiger partial charge in [-0.1, -0.05) is 11.3 Å². The van der Waals surface area contributed by atoms with Crippen molar-refractivity contribution in [3.05, 3.63) is 10.6 Å². The summed E-state index contributed by atoms with van der Waals surface area (Å²) in [5.74, 6) is -0.326. The smallest absolute Gasteiger partial charge is 0.265 e. The van der Waals surface area contributed by atoms with E-state index in [-0.39, 0.29) is 17.7 Å². The molecule has 0 aromatic carbocycles. The van der Waals surface area contributed by atoms with Gasteiger partial charge in [0.05, 0.1) is 5.69 Å². The van der Waals surface area contributed by atoms with E-state index in [4.69, 9.17) is 5.73 Å². The van der Waals surface area contributed by atoms with Crippen molar-refractivity contribution < 1.29 is 9.59 Å². The maximum Gasteiger partial charge on any atom is 0.265 e. The van der Waals surface area contributed by atoms with E-state index in [9.17, 15) is 9.59 Å². The molecule has 1 aliphatic heterocycles. The van der Waals surface area contributed by atoms with E-state index in [1.54, 1.807) is 4.90 Å². The molecule has 21 heavy (non-hydrogen) atoms. The third-order valence-electron chi connectivity index (χ3n) is 4.08. The van der Waals surface area contributed by atoms with E-state index < -0.39 is 0 Å². The van der Waals surface area contributed by atoms with Gasteiger partial charge in [-0.2, -0.15) is 0 Å². The molecule has 2 amide bonds. The molecule has 1 aromatic heterocycles. The molecule has 0 atom stereocenters. The zero-order valence-corrected chi connectivity index (χ0v) is 12.9. The predicted molar refractivity (Wildman–Crippen MR) is 81.3 cm³/mol. The highest BCUT2D eigenvalue weighted by Gasteiger charge is 2.29. The van der Waals surface area contributed by atoms with Crippen molar-refractivity contribution >= 4 is 28.3 Å². The molecule has 1 saturated carbocycles. The number of hydrogen-bond donors (Lipinski definition) is 2. The second-order valence-corrected chi connectivity index (χ2v) is 6.82. The van der Waals surface area contributed by atoms with Crippen LogP contribution in [0.25, 0.3) is 0 Å². The van der Waals surface area contributed by atoms with Crippen LogP contribution in [0.4, 0.5) is 5.13 Å². The monoisotopic (exact) mass is 308 g/mol. The Morgan fingerprint density at radius 2 is 1.95 bits per heavy atom. The molecule has 1 aromatic rings. The van der Waals surface area contributed by atoms with Crippen LogP contribution in [0.5, 0.6) is 0 Å². The number of nitrogens with zero attached hydrogens (tertiary/aromatic N) is 2. The van der Waals surface area contributed by atoms with Gasteiger partial charge >= 0.3 is 0 Å². The van der Waals surface area contributed by atoms with Gasteiger partial charge in [0.25, 0.3) is 5.91 Å². The van der Waals surface area contributed by atoms with Crippen LogP contribution in [0, 0.1) is 12.8 Å². The summed E-state index contributed by atoms with van der Waals surface area (Å²) in [6.07, 6.45) is 3.68. The molecule has 2 aliphatic rings. The van der Waals surface area contributed by atoms with Crippen molar-refractivity contribution in [3.63, 3.8) is 0 Å². The second-order valence-electron chi connectivity index (χ2n) is 5.82. The topological polar surface area (TPSA) is 88.3 Å². The average molecular weight is 308 g/mol. The van der Waals surface area contributed by atoms with Crippen molar-refractivity contribution in [1.82, 2.24) is 9.88 Å². The van der Waals surface area contributed by atoms with Crippen molar-refractivity contribution in [2.45, 2.75) is 38.6 Å². The van der Waals surface area contributed by atoms with E-state index in [0.717, 1.165) is 10.8 Å². The maximum absolute atomic E-state index is 12.6. The summed E-state index contributed by atoms with van der Waals surface area (Å²) >= 11 is 1.43. The lowest BCUT2D eigenvalue weighted by atomic mass is 9.96. The van der Waals surface area contributed by atoms with Crippen molar-refractivity contribution in [2.75, 3.05) is 18.4 Å². The first-order valence-electron chi connectivity index (χ1n) is 7.37. The molecule has 7 heteroatoms. The standard InChI is InChI=1S/C14H20N4O2S/c1-8-11(21-14(16-8)17-10-2-3-10)13(20)18-6-4-9(5-7-18)12(15)19/h9-10H,2-7H2,1H3,(H2,15,19)(H,16,17). The molecular formula is C14H20N4O2S. The molecule has 2 fully saturated rings. The number of aromatic nitrogens is 1. The highest BCUT2D eigenvalue weighted by molar-refractivity contribution is 7.17. The van der Waals surface area contributed by atoms with E-state index in [2.05, 4.69) is 10.3 Å². The number of carbonyl (C=O) groups excluding carboxylic acids is 2. The average Bonchev–Trinajstić information content (AvgIpc) is 3.20. The third kappa shape index (κ3) is 3.18. The Hall–Kier alpha value is -1.63. The summed E-state index contributed by atoms with van der Waals surface area (Å²) < 4.78 is 0. The predicted octanol–water partition coefficient (Wildman–Crippen LogP) is 1.36. The molecule has 0 radical (unpaired) electrons. The molecule has 3 rings (SSSR count). The Labute approximate surface area is 127 Å². The fourth-order valence-corrected chi connectivity index (χ4v) is 3.58. The SMILES string of the molecule is Cc1nc(NC2CC2)sc1C(=O)N1CCC(C(N)=O)CC1. The zero-order valence-electron chi connectivity index (χ0n) is 12.1. The number of thiazole rings is 1. The first-order chi connectivity index (χ1) is 10.0. The van der Waals surface area contributed by atoms with Gasteiger partial charge in [0.1, 0.15) is 4.88 Å². The number of nitrogens with two attached hydrogens (primary N) is 1. The highest BCUT2D eigenvalue weighted by Crippen LogP contribution is 2.30. The fraction of sp³-hybridized carbons (Fsp3) is 0.643. The number of primary amides is 1. The first kappa shape index (κ1) is 14.3.